The number of benzene rings is 3. The first-order valence-corrected chi connectivity index (χ1v) is 9.99. The molecule has 0 fully saturated rings. The first-order chi connectivity index (χ1) is 13.5. The van der Waals surface area contributed by atoms with Gasteiger partial charge >= 0.3 is 0 Å². The van der Waals surface area contributed by atoms with E-state index in [1.165, 1.54) is 5.56 Å². The van der Waals surface area contributed by atoms with Gasteiger partial charge in [-0.2, -0.15) is 0 Å². The minimum Gasteiger partial charge on any atom is -0.493 e. The summed E-state index contributed by atoms with van der Waals surface area (Å²) in [7, 11) is 1.62. The van der Waals surface area contributed by atoms with Gasteiger partial charge in [0.25, 0.3) is 0 Å². The molecular weight excluding hydrogens is 438 g/mol. The van der Waals surface area contributed by atoms with Crippen LogP contribution in [0.5, 0.6) is 11.5 Å². The van der Waals surface area contributed by atoms with E-state index in [-0.39, 0.29) is 0 Å². The van der Waals surface area contributed by atoms with Gasteiger partial charge in [0, 0.05) is 11.2 Å². The molecule has 5 heteroatoms. The first-order valence-electron chi connectivity index (χ1n) is 8.82. The van der Waals surface area contributed by atoms with Crippen LogP contribution in [-0.4, -0.2) is 13.3 Å². The smallest absolute Gasteiger partial charge is 0.175 e. The van der Waals surface area contributed by atoms with Gasteiger partial charge in [0.2, 0.25) is 0 Å². The van der Waals surface area contributed by atoms with Gasteiger partial charge in [-0.1, -0.05) is 35.9 Å². The maximum absolute atomic E-state index is 6.04. The Hall–Kier alpha value is -2.30. The van der Waals surface area contributed by atoms with E-state index in [2.05, 4.69) is 53.0 Å². The highest BCUT2D eigenvalue weighted by molar-refractivity contribution is 9.10. The van der Waals surface area contributed by atoms with Crippen LogP contribution in [0.4, 0.5) is 5.69 Å². The molecule has 0 unspecified atom stereocenters. The van der Waals surface area contributed by atoms with Crippen molar-refractivity contribution in [1.29, 1.82) is 0 Å². The molecule has 0 aliphatic rings. The van der Waals surface area contributed by atoms with Crippen LogP contribution < -0.4 is 9.47 Å². The molecule has 3 rings (SSSR count). The van der Waals surface area contributed by atoms with E-state index in [1.54, 1.807) is 7.11 Å². The van der Waals surface area contributed by atoms with Crippen molar-refractivity contribution in [1.82, 2.24) is 0 Å². The van der Waals surface area contributed by atoms with Crippen LogP contribution in [0.2, 0.25) is 5.02 Å². The molecule has 3 aromatic rings. The lowest BCUT2D eigenvalue weighted by atomic mass is 10.1. The maximum atomic E-state index is 6.04. The van der Waals surface area contributed by atoms with Crippen molar-refractivity contribution in [2.45, 2.75) is 20.5 Å². The summed E-state index contributed by atoms with van der Waals surface area (Å²) in [4.78, 5) is 4.63. The van der Waals surface area contributed by atoms with Crippen LogP contribution in [-0.2, 0) is 6.61 Å². The van der Waals surface area contributed by atoms with E-state index in [0.717, 1.165) is 26.9 Å². The molecule has 3 nitrogen and oxygen atoms in total. The molecule has 144 valence electrons. The second kappa shape index (κ2) is 9.26. The van der Waals surface area contributed by atoms with E-state index in [9.17, 15) is 0 Å². The lowest BCUT2D eigenvalue weighted by Gasteiger charge is -2.13. The third-order valence-electron chi connectivity index (χ3n) is 4.24. The first kappa shape index (κ1) is 20.4. The molecule has 0 atom stereocenters. The van der Waals surface area contributed by atoms with E-state index in [4.69, 9.17) is 21.1 Å². The minimum absolute atomic E-state index is 0.394. The molecule has 0 aliphatic carbocycles. The Bertz CT molecular complexity index is 1020. The van der Waals surface area contributed by atoms with Gasteiger partial charge in [-0.15, -0.1) is 0 Å². The lowest BCUT2D eigenvalue weighted by molar-refractivity contribution is 0.282. The highest BCUT2D eigenvalue weighted by Crippen LogP contribution is 2.37. The van der Waals surface area contributed by atoms with Gasteiger partial charge < -0.3 is 9.47 Å². The third kappa shape index (κ3) is 5.15. The molecule has 0 saturated carbocycles. The van der Waals surface area contributed by atoms with Gasteiger partial charge in [-0.05, 0) is 82.4 Å². The summed E-state index contributed by atoms with van der Waals surface area (Å²) in [5.41, 5.74) is 5.17. The predicted molar refractivity (Wildman–Crippen MR) is 120 cm³/mol. The van der Waals surface area contributed by atoms with Crippen molar-refractivity contribution in [2.24, 2.45) is 4.99 Å². The molecule has 0 heterocycles. The normalized spacial score (nSPS) is 11.0. The summed E-state index contributed by atoms with van der Waals surface area (Å²) < 4.78 is 12.3. The second-order valence-corrected chi connectivity index (χ2v) is 7.79. The van der Waals surface area contributed by atoms with Gasteiger partial charge in [0.1, 0.15) is 6.61 Å². The van der Waals surface area contributed by atoms with Crippen LogP contribution in [0, 0.1) is 13.8 Å². The van der Waals surface area contributed by atoms with E-state index < -0.39 is 0 Å². The average Bonchev–Trinajstić information content (AvgIpc) is 2.67. The van der Waals surface area contributed by atoms with Crippen molar-refractivity contribution < 1.29 is 9.47 Å². The molecule has 3 aromatic carbocycles. The quantitative estimate of drug-likeness (QED) is 0.370. The topological polar surface area (TPSA) is 30.8 Å². The number of nitrogens with zero attached hydrogens (tertiary/aromatic N) is 1. The third-order valence-corrected chi connectivity index (χ3v) is 5.07. The van der Waals surface area contributed by atoms with E-state index in [0.29, 0.717) is 23.1 Å². The Morgan fingerprint density at radius 3 is 2.64 bits per heavy atom. The predicted octanol–water partition coefficient (Wildman–Crippen LogP) is 7.06. The fourth-order valence-corrected chi connectivity index (χ4v) is 3.53. The molecule has 0 amide bonds. The van der Waals surface area contributed by atoms with Crippen molar-refractivity contribution >= 4 is 39.4 Å². The van der Waals surface area contributed by atoms with Gasteiger partial charge in [-0.25, -0.2) is 0 Å². The van der Waals surface area contributed by atoms with Gasteiger partial charge in [0.05, 0.1) is 17.3 Å². The number of aryl methyl sites for hydroxylation is 2. The summed E-state index contributed by atoms with van der Waals surface area (Å²) in [5, 5.41) is 0.685. The average molecular weight is 459 g/mol. The Morgan fingerprint density at radius 2 is 1.89 bits per heavy atom. The monoisotopic (exact) mass is 457 g/mol. The van der Waals surface area contributed by atoms with Crippen molar-refractivity contribution in [3.8, 4) is 11.5 Å². The molecule has 0 radical (unpaired) electrons. The lowest BCUT2D eigenvalue weighted by Crippen LogP contribution is -1.99. The highest BCUT2D eigenvalue weighted by Gasteiger charge is 2.12. The van der Waals surface area contributed by atoms with Crippen molar-refractivity contribution in [2.75, 3.05) is 7.11 Å². The zero-order chi connectivity index (χ0) is 20.1. The van der Waals surface area contributed by atoms with Gasteiger partial charge in [-0.3, -0.25) is 4.99 Å². The summed E-state index contributed by atoms with van der Waals surface area (Å²) >= 11 is 9.63. The van der Waals surface area contributed by atoms with Crippen molar-refractivity contribution in [3.63, 3.8) is 0 Å². The molecule has 0 bridgehead atoms. The molecule has 28 heavy (non-hydrogen) atoms. The number of hydrogen-bond donors (Lipinski definition) is 0. The Balaban J connectivity index is 1.83. The number of rotatable bonds is 6. The molecular formula is C23H21BrClNO2. The van der Waals surface area contributed by atoms with Crippen LogP contribution >= 0.6 is 27.5 Å². The summed E-state index contributed by atoms with van der Waals surface area (Å²) in [5.74, 6) is 1.28. The summed E-state index contributed by atoms with van der Waals surface area (Å²) in [6.45, 7) is 4.50. The fraction of sp³-hybridized carbons (Fsp3) is 0.174. The number of aliphatic imine (C=N–C) groups is 1. The standard InChI is InChI=1S/C23H21BrClNO2/c1-15-7-8-16(2)21(9-15)26-13-18-11-20(24)23(22(12-18)27-3)28-14-17-5-4-6-19(25)10-17/h4-13H,14H2,1-3H3. The molecule has 0 aromatic heterocycles. The maximum Gasteiger partial charge on any atom is 0.175 e. The van der Waals surface area contributed by atoms with Crippen LogP contribution in [0.15, 0.2) is 64.1 Å². The summed E-state index contributed by atoms with van der Waals surface area (Å²) in [6, 6.07) is 17.7. The fourth-order valence-electron chi connectivity index (χ4n) is 2.74. The van der Waals surface area contributed by atoms with E-state index in [1.807, 2.05) is 42.6 Å². The molecule has 0 saturated heterocycles. The zero-order valence-electron chi connectivity index (χ0n) is 16.0. The number of methoxy groups -OCH3 is 1. The number of hydrogen-bond acceptors (Lipinski definition) is 3. The number of halogens is 2. The van der Waals surface area contributed by atoms with Crippen LogP contribution in [0.1, 0.15) is 22.3 Å². The van der Waals surface area contributed by atoms with Gasteiger partial charge in [0.15, 0.2) is 11.5 Å². The molecule has 0 aliphatic heterocycles. The Morgan fingerprint density at radius 1 is 1.07 bits per heavy atom. The highest BCUT2D eigenvalue weighted by atomic mass is 79.9. The largest absolute Gasteiger partial charge is 0.493 e. The Labute approximate surface area is 179 Å². The SMILES string of the molecule is COc1cc(C=Nc2cc(C)ccc2C)cc(Br)c1OCc1cccc(Cl)c1. The minimum atomic E-state index is 0.394. The zero-order valence-corrected chi connectivity index (χ0v) is 18.3. The van der Waals surface area contributed by atoms with Crippen molar-refractivity contribution in [3.05, 3.63) is 86.3 Å². The molecule has 0 spiro atoms. The van der Waals surface area contributed by atoms with Crippen LogP contribution in [0.3, 0.4) is 0 Å². The molecule has 0 N–H and O–H groups in total. The van der Waals surface area contributed by atoms with E-state index >= 15 is 0 Å². The number of ether oxygens (including phenoxy) is 2. The van der Waals surface area contributed by atoms with Crippen LogP contribution in [0.25, 0.3) is 0 Å². The summed E-state index contributed by atoms with van der Waals surface area (Å²) in [6.07, 6.45) is 1.83. The second-order valence-electron chi connectivity index (χ2n) is 6.50. The Kier molecular flexibility index (Phi) is 6.76.